The van der Waals surface area contributed by atoms with Gasteiger partial charge in [-0.1, -0.05) is 23.9 Å². The fraction of sp³-hybridized carbons (Fsp3) is 0.250. The molecule has 0 unspecified atom stereocenters. The molecule has 0 radical (unpaired) electrons. The van der Waals surface area contributed by atoms with E-state index < -0.39 is 6.03 Å². The molecule has 6 heteroatoms. The van der Waals surface area contributed by atoms with Crippen molar-refractivity contribution < 1.29 is 9.59 Å². The van der Waals surface area contributed by atoms with Gasteiger partial charge in [0.2, 0.25) is 5.91 Å². The number of carbonyl (C=O) groups excluding carboxylic acids is 2. The van der Waals surface area contributed by atoms with Crippen LogP contribution in [0.15, 0.2) is 36.0 Å². The number of nitrogens with one attached hydrogen (secondary N) is 2. The van der Waals surface area contributed by atoms with Gasteiger partial charge in [-0.2, -0.15) is 0 Å². The number of urea groups is 1. The van der Waals surface area contributed by atoms with E-state index in [2.05, 4.69) is 22.2 Å². The van der Waals surface area contributed by atoms with E-state index in [1.165, 1.54) is 17.8 Å². The van der Waals surface area contributed by atoms with E-state index in [-0.39, 0.29) is 11.7 Å². The Kier molecular flexibility index (Phi) is 5.93. The molecule has 1 heterocycles. The molecule has 0 saturated heterocycles. The maximum absolute atomic E-state index is 11.4. The second kappa shape index (κ2) is 7.50. The van der Waals surface area contributed by atoms with Gasteiger partial charge in [-0.05, 0) is 18.6 Å². The fourth-order valence-electron chi connectivity index (χ4n) is 1.05. The predicted molar refractivity (Wildman–Crippen MR) is 71.4 cm³/mol. The number of imide groups is 1. The summed E-state index contributed by atoms with van der Waals surface area (Å²) >= 11 is 1.28. The molecule has 18 heavy (non-hydrogen) atoms. The third kappa shape index (κ3) is 5.49. The molecule has 5 nitrogen and oxygen atoms in total. The molecule has 1 aromatic heterocycles. The number of amides is 3. The highest BCUT2D eigenvalue weighted by atomic mass is 32.2. The summed E-state index contributed by atoms with van der Waals surface area (Å²) < 4.78 is 0. The van der Waals surface area contributed by atoms with Crippen molar-refractivity contribution in [3.63, 3.8) is 0 Å². The number of rotatable bonds is 5. The SMILES string of the molecule is C=CCNC(=O)NC(=O)CSc1ccc(C)cn1. The standard InChI is InChI=1S/C12H15N3O2S/c1-3-6-13-12(17)15-10(16)8-18-11-5-4-9(2)7-14-11/h3-5,7H,1,6,8H2,2H3,(H2,13,15,16,17). The lowest BCUT2D eigenvalue weighted by Gasteiger charge is -2.04. The minimum Gasteiger partial charge on any atom is -0.334 e. The molecule has 96 valence electrons. The van der Waals surface area contributed by atoms with Crippen LogP contribution in [-0.2, 0) is 4.79 Å². The van der Waals surface area contributed by atoms with Gasteiger partial charge in [0.25, 0.3) is 0 Å². The lowest BCUT2D eigenvalue weighted by atomic mass is 10.3. The molecule has 0 fully saturated rings. The first-order chi connectivity index (χ1) is 8.61. The summed E-state index contributed by atoms with van der Waals surface area (Å²) in [6, 6.07) is 3.24. The Hall–Kier alpha value is -1.82. The zero-order valence-electron chi connectivity index (χ0n) is 10.1. The van der Waals surface area contributed by atoms with Crippen molar-refractivity contribution in [3.05, 3.63) is 36.5 Å². The van der Waals surface area contributed by atoms with E-state index in [1.807, 2.05) is 19.1 Å². The van der Waals surface area contributed by atoms with Gasteiger partial charge in [0.1, 0.15) is 0 Å². The summed E-state index contributed by atoms with van der Waals surface area (Å²) in [5.41, 5.74) is 1.06. The van der Waals surface area contributed by atoms with Crippen LogP contribution in [0.4, 0.5) is 4.79 Å². The minimum absolute atomic E-state index is 0.150. The third-order valence-electron chi connectivity index (χ3n) is 1.90. The summed E-state index contributed by atoms with van der Waals surface area (Å²) in [6.07, 6.45) is 3.27. The van der Waals surface area contributed by atoms with Gasteiger partial charge in [0.15, 0.2) is 0 Å². The summed E-state index contributed by atoms with van der Waals surface area (Å²) in [7, 11) is 0. The molecular formula is C12H15N3O2S. The predicted octanol–water partition coefficient (Wildman–Crippen LogP) is 1.49. The number of nitrogens with zero attached hydrogens (tertiary/aromatic N) is 1. The molecule has 0 aliphatic rings. The number of aromatic nitrogens is 1. The van der Waals surface area contributed by atoms with Crippen LogP contribution in [0.5, 0.6) is 0 Å². The first-order valence-electron chi connectivity index (χ1n) is 5.36. The van der Waals surface area contributed by atoms with Crippen LogP contribution in [0.25, 0.3) is 0 Å². The Bertz CT molecular complexity index is 431. The second-order valence-electron chi connectivity index (χ2n) is 3.51. The lowest BCUT2D eigenvalue weighted by Crippen LogP contribution is -2.40. The van der Waals surface area contributed by atoms with Gasteiger partial charge < -0.3 is 5.32 Å². The molecule has 3 amide bonds. The van der Waals surface area contributed by atoms with Gasteiger partial charge in [-0.15, -0.1) is 6.58 Å². The van der Waals surface area contributed by atoms with Gasteiger partial charge in [0.05, 0.1) is 10.8 Å². The zero-order chi connectivity index (χ0) is 13.4. The third-order valence-corrected chi connectivity index (χ3v) is 2.84. The van der Waals surface area contributed by atoms with Crippen LogP contribution in [0.2, 0.25) is 0 Å². The van der Waals surface area contributed by atoms with Crippen molar-refractivity contribution in [1.29, 1.82) is 0 Å². The fourth-order valence-corrected chi connectivity index (χ4v) is 1.69. The first-order valence-corrected chi connectivity index (χ1v) is 6.34. The Morgan fingerprint density at radius 1 is 1.50 bits per heavy atom. The van der Waals surface area contributed by atoms with Crippen LogP contribution in [0.1, 0.15) is 5.56 Å². The van der Waals surface area contributed by atoms with E-state index in [0.717, 1.165) is 10.6 Å². The van der Waals surface area contributed by atoms with Crippen LogP contribution in [0.3, 0.4) is 0 Å². The highest BCUT2D eigenvalue weighted by Gasteiger charge is 2.07. The van der Waals surface area contributed by atoms with Crippen molar-refractivity contribution in [3.8, 4) is 0 Å². The number of pyridine rings is 1. The molecule has 0 spiro atoms. The average molecular weight is 265 g/mol. The lowest BCUT2D eigenvalue weighted by molar-refractivity contribution is -0.117. The molecule has 1 rings (SSSR count). The maximum atomic E-state index is 11.4. The Morgan fingerprint density at radius 3 is 2.89 bits per heavy atom. The molecule has 0 aliphatic heterocycles. The van der Waals surface area contributed by atoms with Gasteiger partial charge >= 0.3 is 6.03 Å². The quantitative estimate of drug-likeness (QED) is 0.625. The highest BCUT2D eigenvalue weighted by molar-refractivity contribution is 7.99. The molecule has 0 atom stereocenters. The van der Waals surface area contributed by atoms with Crippen LogP contribution >= 0.6 is 11.8 Å². The normalized spacial score (nSPS) is 9.61. The topological polar surface area (TPSA) is 71.1 Å². The van der Waals surface area contributed by atoms with Crippen molar-refractivity contribution in [2.75, 3.05) is 12.3 Å². The number of aryl methyl sites for hydroxylation is 1. The van der Waals surface area contributed by atoms with Gasteiger partial charge in [-0.3, -0.25) is 10.1 Å². The van der Waals surface area contributed by atoms with E-state index in [0.29, 0.717) is 6.54 Å². The van der Waals surface area contributed by atoms with Crippen molar-refractivity contribution in [2.24, 2.45) is 0 Å². The van der Waals surface area contributed by atoms with Crippen molar-refractivity contribution in [2.45, 2.75) is 11.9 Å². The number of hydrogen-bond donors (Lipinski definition) is 2. The molecule has 1 aromatic rings. The zero-order valence-corrected chi connectivity index (χ0v) is 10.9. The molecule has 0 bridgehead atoms. The molecule has 0 aromatic carbocycles. The van der Waals surface area contributed by atoms with Crippen LogP contribution in [-0.4, -0.2) is 29.2 Å². The molecule has 2 N–H and O–H groups in total. The van der Waals surface area contributed by atoms with E-state index in [1.54, 1.807) is 6.20 Å². The van der Waals surface area contributed by atoms with E-state index >= 15 is 0 Å². The minimum atomic E-state index is -0.516. The van der Waals surface area contributed by atoms with E-state index in [9.17, 15) is 9.59 Å². The molecular weight excluding hydrogens is 250 g/mol. The summed E-state index contributed by atoms with van der Waals surface area (Å²) in [6.45, 7) is 5.72. The summed E-state index contributed by atoms with van der Waals surface area (Å²) in [5.74, 6) is -0.207. The average Bonchev–Trinajstić information content (AvgIpc) is 2.35. The molecule has 0 aliphatic carbocycles. The second-order valence-corrected chi connectivity index (χ2v) is 4.50. The Morgan fingerprint density at radius 2 is 2.28 bits per heavy atom. The Labute approximate surface area is 110 Å². The monoisotopic (exact) mass is 265 g/mol. The number of carbonyl (C=O) groups is 2. The van der Waals surface area contributed by atoms with Gasteiger partial charge in [0, 0.05) is 12.7 Å². The largest absolute Gasteiger partial charge is 0.334 e. The van der Waals surface area contributed by atoms with Gasteiger partial charge in [-0.25, -0.2) is 9.78 Å². The summed E-state index contributed by atoms with van der Waals surface area (Å²) in [5, 5.41) is 5.42. The van der Waals surface area contributed by atoms with Crippen LogP contribution in [0, 0.1) is 6.92 Å². The number of thioether (sulfide) groups is 1. The smallest absolute Gasteiger partial charge is 0.321 e. The molecule has 0 saturated carbocycles. The highest BCUT2D eigenvalue weighted by Crippen LogP contribution is 2.14. The maximum Gasteiger partial charge on any atom is 0.321 e. The van der Waals surface area contributed by atoms with Crippen LogP contribution < -0.4 is 10.6 Å². The van der Waals surface area contributed by atoms with Crippen molar-refractivity contribution in [1.82, 2.24) is 15.6 Å². The first kappa shape index (κ1) is 14.2. The van der Waals surface area contributed by atoms with E-state index in [4.69, 9.17) is 0 Å². The summed E-state index contributed by atoms with van der Waals surface area (Å²) in [4.78, 5) is 26.7. The van der Waals surface area contributed by atoms with Crippen molar-refractivity contribution >= 4 is 23.7 Å². The number of hydrogen-bond acceptors (Lipinski definition) is 4. The Balaban J connectivity index is 2.30.